The van der Waals surface area contributed by atoms with Gasteiger partial charge in [0.25, 0.3) is 0 Å². The van der Waals surface area contributed by atoms with E-state index in [1.54, 1.807) is 0 Å². The number of aromatic nitrogens is 3. The molecule has 0 fully saturated rings. The zero-order valence-corrected chi connectivity index (χ0v) is 28.9. The van der Waals surface area contributed by atoms with Crippen LogP contribution in [0.1, 0.15) is 18.2 Å². The summed E-state index contributed by atoms with van der Waals surface area (Å²) < 4.78 is 6.52. The van der Waals surface area contributed by atoms with Gasteiger partial charge < -0.3 is 4.42 Å². The summed E-state index contributed by atoms with van der Waals surface area (Å²) >= 11 is 0. The zero-order valence-electron chi connectivity index (χ0n) is 28.9. The van der Waals surface area contributed by atoms with Gasteiger partial charge in [-0.2, -0.15) is 0 Å². The minimum atomic E-state index is 0.0441. The average Bonchev–Trinajstić information content (AvgIpc) is 3.62. The summed E-state index contributed by atoms with van der Waals surface area (Å²) in [6.07, 6.45) is 9.35. The molecule has 0 saturated carbocycles. The van der Waals surface area contributed by atoms with E-state index in [1.165, 1.54) is 27.5 Å². The molecule has 1 atom stereocenters. The second-order valence-electron chi connectivity index (χ2n) is 13.6. The van der Waals surface area contributed by atoms with Gasteiger partial charge in [0.1, 0.15) is 17.0 Å². The number of rotatable bonds is 6. The quantitative estimate of drug-likeness (QED) is 0.175. The van der Waals surface area contributed by atoms with Gasteiger partial charge in [-0.1, -0.05) is 158 Å². The van der Waals surface area contributed by atoms with Crippen molar-refractivity contribution in [1.82, 2.24) is 15.0 Å². The topological polar surface area (TPSA) is 51.8 Å². The van der Waals surface area contributed by atoms with Crippen LogP contribution in [0.4, 0.5) is 0 Å². The van der Waals surface area contributed by atoms with Gasteiger partial charge in [0.2, 0.25) is 0 Å². The molecule has 2 aromatic heterocycles. The van der Waals surface area contributed by atoms with Crippen LogP contribution in [-0.4, -0.2) is 15.0 Å². The fourth-order valence-corrected chi connectivity index (χ4v) is 7.44. The molecule has 1 aliphatic carbocycles. The van der Waals surface area contributed by atoms with Crippen molar-refractivity contribution in [3.8, 4) is 56.2 Å². The molecule has 1 aliphatic rings. The van der Waals surface area contributed by atoms with Crippen LogP contribution in [0.5, 0.6) is 0 Å². The van der Waals surface area contributed by atoms with E-state index in [-0.39, 0.29) is 5.92 Å². The summed E-state index contributed by atoms with van der Waals surface area (Å²) in [4.78, 5) is 15.6. The number of allylic oxidation sites excluding steroid dienone is 4. The Hall–Kier alpha value is -6.91. The first-order chi connectivity index (χ1) is 26.2. The lowest BCUT2D eigenvalue weighted by Gasteiger charge is -2.15. The summed E-state index contributed by atoms with van der Waals surface area (Å²) in [5.41, 5.74) is 10.3. The Kier molecular flexibility index (Phi) is 7.58. The van der Waals surface area contributed by atoms with Gasteiger partial charge in [0.15, 0.2) is 11.6 Å². The highest BCUT2D eigenvalue weighted by Gasteiger charge is 2.21. The summed E-state index contributed by atoms with van der Waals surface area (Å²) in [5, 5.41) is 4.49. The number of fused-ring (bicyclic) bond motifs is 4. The Labute approximate surface area is 307 Å². The van der Waals surface area contributed by atoms with Gasteiger partial charge in [-0.3, -0.25) is 0 Å². The van der Waals surface area contributed by atoms with Crippen LogP contribution in [0.3, 0.4) is 0 Å². The second-order valence-corrected chi connectivity index (χ2v) is 13.6. The number of hydrogen-bond acceptors (Lipinski definition) is 4. The third-order valence-electron chi connectivity index (χ3n) is 10.2. The molecule has 4 heteroatoms. The Morgan fingerprint density at radius 1 is 0.453 bits per heavy atom. The number of para-hydroxylation sites is 1. The maximum atomic E-state index is 6.52. The fourth-order valence-electron chi connectivity index (χ4n) is 7.44. The number of nitrogens with zero attached hydrogens (tertiary/aromatic N) is 3. The van der Waals surface area contributed by atoms with Crippen molar-refractivity contribution in [3.63, 3.8) is 0 Å². The summed E-state index contributed by atoms with van der Waals surface area (Å²) in [7, 11) is 0. The fraction of sp³-hybridized carbons (Fsp3) is 0.0408. The van der Waals surface area contributed by atoms with E-state index in [1.807, 2.05) is 18.2 Å². The molecule has 9 aromatic rings. The van der Waals surface area contributed by atoms with Crippen LogP contribution in [0.2, 0.25) is 0 Å². The highest BCUT2D eigenvalue weighted by atomic mass is 16.3. The van der Waals surface area contributed by atoms with Gasteiger partial charge in [0.05, 0.1) is 0 Å². The third kappa shape index (κ3) is 5.81. The Morgan fingerprint density at radius 2 is 1.09 bits per heavy atom. The lowest BCUT2D eigenvalue weighted by atomic mass is 9.96. The number of furan rings is 1. The molecular formula is C49H33N3O. The van der Waals surface area contributed by atoms with E-state index in [0.717, 1.165) is 62.0 Å². The van der Waals surface area contributed by atoms with Crippen molar-refractivity contribution in [1.29, 1.82) is 0 Å². The molecule has 2 heterocycles. The standard InChI is InChI=1S/C49H33N3O/c1-3-11-32(12-4-1)34-19-21-36(22-20-34)41-30-43(46-42-17-9-10-18-44(42)53-45(46)31-41)49-51-47(37-14-5-2-6-15-37)50-48(52-49)38-26-23-35(24-27-38)40-28-25-33-13-7-8-16-39(33)29-40/h1-14,16-31,37H,15H2. The third-order valence-corrected chi connectivity index (χ3v) is 10.2. The Bertz CT molecular complexity index is 2850. The van der Waals surface area contributed by atoms with E-state index in [0.29, 0.717) is 11.6 Å². The van der Waals surface area contributed by atoms with E-state index >= 15 is 0 Å². The highest BCUT2D eigenvalue weighted by Crippen LogP contribution is 2.40. The molecule has 0 radical (unpaired) electrons. The minimum Gasteiger partial charge on any atom is -0.456 e. The van der Waals surface area contributed by atoms with Crippen LogP contribution < -0.4 is 0 Å². The Morgan fingerprint density at radius 3 is 1.89 bits per heavy atom. The van der Waals surface area contributed by atoms with E-state index in [4.69, 9.17) is 19.4 Å². The molecule has 250 valence electrons. The van der Waals surface area contributed by atoms with E-state index in [9.17, 15) is 0 Å². The van der Waals surface area contributed by atoms with Gasteiger partial charge in [-0.05, 0) is 74.8 Å². The molecule has 53 heavy (non-hydrogen) atoms. The molecule has 0 spiro atoms. The van der Waals surface area contributed by atoms with Crippen LogP contribution >= 0.6 is 0 Å². The SMILES string of the molecule is C1=CCC(c2nc(-c3ccc(-c4ccc5ccccc5c4)cc3)nc(-c3cc(-c4ccc(-c5ccccc5)cc4)cc4oc5ccccc5c34)n2)C=C1. The first kappa shape index (κ1) is 30.9. The molecule has 1 unspecified atom stereocenters. The predicted molar refractivity (Wildman–Crippen MR) is 217 cm³/mol. The predicted octanol–water partition coefficient (Wildman–Crippen LogP) is 12.9. The van der Waals surface area contributed by atoms with Crippen molar-refractivity contribution >= 4 is 32.7 Å². The Balaban J connectivity index is 1.12. The van der Waals surface area contributed by atoms with Crippen LogP contribution in [-0.2, 0) is 0 Å². The van der Waals surface area contributed by atoms with Gasteiger partial charge >= 0.3 is 0 Å². The van der Waals surface area contributed by atoms with Crippen molar-refractivity contribution in [3.05, 3.63) is 188 Å². The molecule has 0 bridgehead atoms. The summed E-state index contributed by atoms with van der Waals surface area (Å²) in [5.74, 6) is 2.08. The molecule has 0 aliphatic heterocycles. The maximum Gasteiger partial charge on any atom is 0.164 e. The van der Waals surface area contributed by atoms with Crippen molar-refractivity contribution < 1.29 is 4.42 Å². The smallest absolute Gasteiger partial charge is 0.164 e. The molecule has 4 nitrogen and oxygen atoms in total. The van der Waals surface area contributed by atoms with Crippen LogP contribution in [0, 0.1) is 0 Å². The van der Waals surface area contributed by atoms with Crippen LogP contribution in [0.15, 0.2) is 186 Å². The van der Waals surface area contributed by atoms with Gasteiger partial charge in [0, 0.05) is 27.8 Å². The van der Waals surface area contributed by atoms with Crippen molar-refractivity contribution in [2.75, 3.05) is 0 Å². The normalized spacial score (nSPS) is 14.0. The largest absolute Gasteiger partial charge is 0.456 e. The lowest BCUT2D eigenvalue weighted by Crippen LogP contribution is -2.08. The molecule has 0 amide bonds. The minimum absolute atomic E-state index is 0.0441. The van der Waals surface area contributed by atoms with Crippen molar-refractivity contribution in [2.24, 2.45) is 0 Å². The molecule has 7 aromatic carbocycles. The number of benzene rings is 7. The van der Waals surface area contributed by atoms with Gasteiger partial charge in [-0.25, -0.2) is 15.0 Å². The molecule has 10 rings (SSSR count). The molecular weight excluding hydrogens is 647 g/mol. The first-order valence-corrected chi connectivity index (χ1v) is 18.0. The van der Waals surface area contributed by atoms with Crippen molar-refractivity contribution in [2.45, 2.75) is 12.3 Å². The van der Waals surface area contributed by atoms with Crippen LogP contribution in [0.25, 0.3) is 88.9 Å². The zero-order chi connectivity index (χ0) is 35.1. The highest BCUT2D eigenvalue weighted by molar-refractivity contribution is 6.13. The molecule has 0 saturated heterocycles. The second kappa shape index (κ2) is 13.0. The number of hydrogen-bond donors (Lipinski definition) is 0. The summed E-state index contributed by atoms with van der Waals surface area (Å²) in [6.45, 7) is 0. The average molecular weight is 680 g/mol. The lowest BCUT2D eigenvalue weighted by molar-refractivity contribution is 0.669. The first-order valence-electron chi connectivity index (χ1n) is 18.0. The monoisotopic (exact) mass is 679 g/mol. The molecule has 0 N–H and O–H groups in total. The van der Waals surface area contributed by atoms with E-state index in [2.05, 4.69) is 164 Å². The van der Waals surface area contributed by atoms with Gasteiger partial charge in [-0.15, -0.1) is 0 Å². The van der Waals surface area contributed by atoms with E-state index < -0.39 is 0 Å². The summed E-state index contributed by atoms with van der Waals surface area (Å²) in [6, 6.07) is 55.4. The maximum absolute atomic E-state index is 6.52.